The summed E-state index contributed by atoms with van der Waals surface area (Å²) < 4.78 is 44.9. The van der Waals surface area contributed by atoms with Crippen LogP contribution in [0.15, 0.2) is 23.1 Å². The van der Waals surface area contributed by atoms with Gasteiger partial charge in [0.05, 0.1) is 12.0 Å². The Morgan fingerprint density at radius 2 is 2.14 bits per heavy atom. The van der Waals surface area contributed by atoms with Crippen LogP contribution in [0.4, 0.5) is 4.39 Å². The predicted molar refractivity (Wildman–Crippen MR) is 80.7 cm³/mol. The number of benzene rings is 1. The van der Waals surface area contributed by atoms with E-state index in [0.29, 0.717) is 13.1 Å². The van der Waals surface area contributed by atoms with E-state index in [1.54, 1.807) is 0 Å². The lowest BCUT2D eigenvalue weighted by Gasteiger charge is -2.21. The lowest BCUT2D eigenvalue weighted by atomic mass is 10.1. The fourth-order valence-electron chi connectivity index (χ4n) is 2.56. The Morgan fingerprint density at radius 3 is 2.62 bits per heavy atom. The fourth-order valence-corrected chi connectivity index (χ4v) is 4.29. The maximum Gasteiger partial charge on any atom is 0.243 e. The van der Waals surface area contributed by atoms with Crippen molar-refractivity contribution in [2.24, 2.45) is 11.7 Å². The largest absolute Gasteiger partial charge is 0.494 e. The Bertz CT molecular complexity index is 597. The second-order valence-corrected chi connectivity index (χ2v) is 6.95. The van der Waals surface area contributed by atoms with E-state index in [4.69, 9.17) is 10.5 Å². The molecular weight excluding hydrogens is 319 g/mol. The molecule has 0 spiro atoms. The van der Waals surface area contributed by atoms with Crippen LogP contribution in [0, 0.1) is 11.7 Å². The van der Waals surface area contributed by atoms with Gasteiger partial charge >= 0.3 is 0 Å². The summed E-state index contributed by atoms with van der Waals surface area (Å²) in [6.07, 6.45) is 0.731. The van der Waals surface area contributed by atoms with Crippen LogP contribution in [0.1, 0.15) is 13.3 Å². The van der Waals surface area contributed by atoms with Crippen molar-refractivity contribution in [3.63, 3.8) is 0 Å². The Balaban J connectivity index is 0.00000220. The van der Waals surface area contributed by atoms with Gasteiger partial charge < -0.3 is 10.5 Å². The molecular formula is C13H20ClFN2O3S. The minimum atomic E-state index is -3.70. The van der Waals surface area contributed by atoms with Gasteiger partial charge in [0, 0.05) is 12.6 Å². The van der Waals surface area contributed by atoms with Crippen LogP contribution in [0.5, 0.6) is 5.75 Å². The van der Waals surface area contributed by atoms with Gasteiger partial charge in [-0.25, -0.2) is 12.8 Å². The molecule has 2 rings (SSSR count). The normalized spacial score (nSPS) is 22.9. The number of ether oxygens (including phenoxy) is 1. The lowest BCUT2D eigenvalue weighted by molar-refractivity contribution is 0.384. The van der Waals surface area contributed by atoms with Gasteiger partial charge in [-0.15, -0.1) is 12.4 Å². The highest BCUT2D eigenvalue weighted by Gasteiger charge is 2.37. The first-order valence-corrected chi connectivity index (χ1v) is 7.89. The third-order valence-electron chi connectivity index (χ3n) is 3.67. The second-order valence-electron chi connectivity index (χ2n) is 5.06. The molecule has 2 N–H and O–H groups in total. The molecule has 2 unspecified atom stereocenters. The van der Waals surface area contributed by atoms with Gasteiger partial charge in [0.2, 0.25) is 10.0 Å². The van der Waals surface area contributed by atoms with E-state index in [1.165, 1.54) is 23.5 Å². The summed E-state index contributed by atoms with van der Waals surface area (Å²) in [7, 11) is -2.36. The van der Waals surface area contributed by atoms with Crippen LogP contribution in [0.2, 0.25) is 0 Å². The average molecular weight is 339 g/mol. The van der Waals surface area contributed by atoms with Crippen molar-refractivity contribution in [2.75, 3.05) is 20.2 Å². The predicted octanol–water partition coefficient (Wildman–Crippen LogP) is 1.61. The number of hydrogen-bond donors (Lipinski definition) is 1. The molecule has 1 aliphatic rings. The standard InChI is InChI=1S/C13H19FN2O3S.ClH/c1-9-5-10(7-15)8-16(9)20(17,18)11-3-4-13(19-2)12(14)6-11;/h3-4,6,9-10H,5,7-8,15H2,1-2H3;1H. The maximum atomic E-state index is 13.7. The average Bonchev–Trinajstić information content (AvgIpc) is 2.80. The molecule has 120 valence electrons. The third kappa shape index (κ3) is 3.48. The minimum Gasteiger partial charge on any atom is -0.494 e. The summed E-state index contributed by atoms with van der Waals surface area (Å²) in [4.78, 5) is -0.0553. The zero-order chi connectivity index (χ0) is 14.9. The highest BCUT2D eigenvalue weighted by molar-refractivity contribution is 7.89. The fraction of sp³-hybridized carbons (Fsp3) is 0.538. The molecule has 5 nitrogen and oxygen atoms in total. The summed E-state index contributed by atoms with van der Waals surface area (Å²) in [5, 5.41) is 0. The van der Waals surface area contributed by atoms with Crippen molar-refractivity contribution in [3.8, 4) is 5.75 Å². The summed E-state index contributed by atoms with van der Waals surface area (Å²) in [5.41, 5.74) is 5.60. The van der Waals surface area contributed by atoms with E-state index >= 15 is 0 Å². The molecule has 0 aromatic heterocycles. The van der Waals surface area contributed by atoms with Crippen LogP contribution in [0.3, 0.4) is 0 Å². The van der Waals surface area contributed by atoms with Crippen molar-refractivity contribution < 1.29 is 17.5 Å². The number of halogens is 2. The quantitative estimate of drug-likeness (QED) is 0.905. The number of nitrogens with two attached hydrogens (primary N) is 1. The lowest BCUT2D eigenvalue weighted by Crippen LogP contribution is -2.34. The van der Waals surface area contributed by atoms with Crippen molar-refractivity contribution in [3.05, 3.63) is 24.0 Å². The van der Waals surface area contributed by atoms with Crippen LogP contribution < -0.4 is 10.5 Å². The van der Waals surface area contributed by atoms with Crippen molar-refractivity contribution >= 4 is 22.4 Å². The zero-order valence-electron chi connectivity index (χ0n) is 12.0. The Kier molecular flexibility index (Phi) is 5.98. The highest BCUT2D eigenvalue weighted by Crippen LogP contribution is 2.30. The van der Waals surface area contributed by atoms with Gasteiger partial charge in [-0.2, -0.15) is 4.31 Å². The highest BCUT2D eigenvalue weighted by atomic mass is 35.5. The molecule has 0 radical (unpaired) electrons. The minimum absolute atomic E-state index is 0. The van der Waals surface area contributed by atoms with E-state index < -0.39 is 15.8 Å². The van der Waals surface area contributed by atoms with Crippen LogP contribution >= 0.6 is 12.4 Å². The van der Waals surface area contributed by atoms with Gasteiger partial charge in [0.1, 0.15) is 0 Å². The Hall–Kier alpha value is -0.890. The van der Waals surface area contributed by atoms with Gasteiger partial charge in [-0.1, -0.05) is 0 Å². The van der Waals surface area contributed by atoms with E-state index in [9.17, 15) is 12.8 Å². The van der Waals surface area contributed by atoms with Crippen LogP contribution in [-0.2, 0) is 10.0 Å². The van der Waals surface area contributed by atoms with E-state index in [2.05, 4.69) is 0 Å². The Morgan fingerprint density at radius 1 is 1.48 bits per heavy atom. The number of sulfonamides is 1. The number of methoxy groups -OCH3 is 1. The maximum absolute atomic E-state index is 13.7. The molecule has 0 saturated carbocycles. The van der Waals surface area contributed by atoms with Gasteiger partial charge in [0.15, 0.2) is 11.6 Å². The monoisotopic (exact) mass is 338 g/mol. The topological polar surface area (TPSA) is 72.6 Å². The van der Waals surface area contributed by atoms with Gasteiger partial charge in [-0.3, -0.25) is 0 Å². The molecule has 0 aliphatic carbocycles. The molecule has 0 bridgehead atoms. The van der Waals surface area contributed by atoms with Crippen molar-refractivity contribution in [1.82, 2.24) is 4.31 Å². The van der Waals surface area contributed by atoms with Crippen LogP contribution in [0.25, 0.3) is 0 Å². The molecule has 1 aromatic rings. The zero-order valence-corrected chi connectivity index (χ0v) is 13.6. The first kappa shape index (κ1) is 18.2. The third-order valence-corrected chi connectivity index (χ3v) is 5.64. The number of rotatable bonds is 4. The van der Waals surface area contributed by atoms with Gasteiger partial charge in [0.25, 0.3) is 0 Å². The van der Waals surface area contributed by atoms with Gasteiger partial charge in [-0.05, 0) is 44.0 Å². The number of hydrogen-bond acceptors (Lipinski definition) is 4. The molecule has 8 heteroatoms. The number of nitrogens with zero attached hydrogens (tertiary/aromatic N) is 1. The van der Waals surface area contributed by atoms with E-state index in [1.807, 2.05) is 6.92 Å². The summed E-state index contributed by atoms with van der Waals surface area (Å²) in [6, 6.07) is 3.55. The van der Waals surface area contributed by atoms with E-state index in [-0.39, 0.29) is 35.0 Å². The summed E-state index contributed by atoms with van der Waals surface area (Å²) >= 11 is 0. The molecule has 1 saturated heterocycles. The first-order chi connectivity index (χ1) is 9.40. The second kappa shape index (κ2) is 6.91. The van der Waals surface area contributed by atoms with Crippen molar-refractivity contribution in [2.45, 2.75) is 24.3 Å². The first-order valence-electron chi connectivity index (χ1n) is 6.45. The molecule has 1 fully saturated rings. The summed E-state index contributed by atoms with van der Waals surface area (Å²) in [5.74, 6) is -0.503. The molecule has 2 atom stereocenters. The van der Waals surface area contributed by atoms with Crippen molar-refractivity contribution in [1.29, 1.82) is 0 Å². The molecule has 1 aromatic carbocycles. The molecule has 0 amide bonds. The van der Waals surface area contributed by atoms with Crippen LogP contribution in [-0.4, -0.2) is 39.0 Å². The smallest absolute Gasteiger partial charge is 0.243 e. The molecule has 21 heavy (non-hydrogen) atoms. The van der Waals surface area contributed by atoms with E-state index in [0.717, 1.165) is 12.5 Å². The SMILES string of the molecule is COc1ccc(S(=O)(=O)N2CC(CN)CC2C)cc1F.Cl. The molecule has 1 aliphatic heterocycles. The summed E-state index contributed by atoms with van der Waals surface area (Å²) in [6.45, 7) is 2.67. The molecule has 1 heterocycles. The Labute approximate surface area is 130 Å².